The van der Waals surface area contributed by atoms with Crippen LogP contribution in [-0.2, 0) is 11.2 Å². The average molecular weight is 462 g/mol. The van der Waals surface area contributed by atoms with Crippen LogP contribution in [0.4, 0.5) is 0 Å². The molecule has 0 spiro atoms. The fraction of sp³-hybridized carbons (Fsp3) is 0.154. The molecule has 168 valence electrons. The normalized spacial score (nSPS) is 16.2. The summed E-state index contributed by atoms with van der Waals surface area (Å²) in [4.78, 5) is 23.1. The molecule has 7 heteroatoms. The summed E-state index contributed by atoms with van der Waals surface area (Å²) in [6.45, 7) is 1.42. The van der Waals surface area contributed by atoms with Crippen molar-refractivity contribution in [2.24, 2.45) is 0 Å². The monoisotopic (exact) mass is 461 g/mol. The molecule has 2 unspecified atom stereocenters. The van der Waals surface area contributed by atoms with Crippen molar-refractivity contribution in [1.29, 1.82) is 0 Å². The van der Waals surface area contributed by atoms with E-state index >= 15 is 0 Å². The third kappa shape index (κ3) is 5.27. The lowest BCUT2D eigenvalue weighted by Crippen LogP contribution is -2.35. The van der Waals surface area contributed by atoms with E-state index in [1.807, 2.05) is 60.7 Å². The maximum atomic E-state index is 11.8. The number of allylic oxidation sites excluding steroid dienone is 1. The summed E-state index contributed by atoms with van der Waals surface area (Å²) in [5.74, 6) is -0.513. The van der Waals surface area contributed by atoms with Crippen LogP contribution in [0.3, 0.4) is 0 Å². The molecule has 0 fully saturated rings. The average Bonchev–Trinajstić information content (AvgIpc) is 3.20. The predicted octanol–water partition coefficient (Wildman–Crippen LogP) is 5.29. The summed E-state index contributed by atoms with van der Waals surface area (Å²) < 4.78 is 6.25. The summed E-state index contributed by atoms with van der Waals surface area (Å²) in [6, 6.07) is 24.0. The topological polar surface area (TPSA) is 87.1 Å². The van der Waals surface area contributed by atoms with E-state index < -0.39 is 17.4 Å². The van der Waals surface area contributed by atoms with E-state index in [2.05, 4.69) is 0 Å². The first-order chi connectivity index (χ1) is 15.9. The van der Waals surface area contributed by atoms with Crippen LogP contribution in [-0.4, -0.2) is 32.5 Å². The molecule has 0 radical (unpaired) electrons. The van der Waals surface area contributed by atoms with Gasteiger partial charge in [-0.1, -0.05) is 66.4 Å². The minimum Gasteiger partial charge on any atom is -0.483 e. The van der Waals surface area contributed by atoms with Crippen molar-refractivity contribution < 1.29 is 24.6 Å². The summed E-state index contributed by atoms with van der Waals surface area (Å²) in [5, 5.41) is 22.0. The molecule has 1 aliphatic heterocycles. The van der Waals surface area contributed by atoms with E-state index in [-0.39, 0.29) is 17.0 Å². The summed E-state index contributed by atoms with van der Waals surface area (Å²) in [5.41, 5.74) is 3.26. The first-order valence-electron chi connectivity index (χ1n) is 10.4. The molecule has 3 aromatic carbocycles. The third-order valence-electron chi connectivity index (χ3n) is 5.32. The number of para-hydroxylation sites is 1. The Balaban J connectivity index is 1.57. The van der Waals surface area contributed by atoms with E-state index in [9.17, 15) is 19.9 Å². The highest BCUT2D eigenvalue weighted by Gasteiger charge is 2.37. The molecule has 6 nitrogen and oxygen atoms in total. The van der Waals surface area contributed by atoms with E-state index in [1.54, 1.807) is 23.6 Å². The van der Waals surface area contributed by atoms with Gasteiger partial charge in [0.05, 0.1) is 5.56 Å². The third-order valence-corrected chi connectivity index (χ3v) is 6.41. The Morgan fingerprint density at radius 2 is 1.73 bits per heavy atom. The molecule has 2 atom stereocenters. The molecule has 0 saturated heterocycles. The van der Waals surface area contributed by atoms with Crippen molar-refractivity contribution in [3.63, 3.8) is 0 Å². The number of rotatable bonds is 8. The Morgan fingerprint density at radius 1 is 1.00 bits per heavy atom. The highest BCUT2D eigenvalue weighted by molar-refractivity contribution is 8.03. The van der Waals surface area contributed by atoms with E-state index in [1.165, 1.54) is 18.7 Å². The molecule has 0 bridgehead atoms. The summed E-state index contributed by atoms with van der Waals surface area (Å²) in [7, 11) is 0. The number of carboxylic acids is 1. The van der Waals surface area contributed by atoms with Crippen molar-refractivity contribution in [2.75, 3.05) is 0 Å². The number of nitrogens with zero attached hydrogens (tertiary/aromatic N) is 1. The smallest absolute Gasteiger partial charge is 0.335 e. The zero-order chi connectivity index (χ0) is 23.4. The van der Waals surface area contributed by atoms with Crippen LogP contribution < -0.4 is 4.74 Å². The first kappa shape index (κ1) is 22.6. The van der Waals surface area contributed by atoms with Crippen LogP contribution >= 0.6 is 11.8 Å². The van der Waals surface area contributed by atoms with Crippen molar-refractivity contribution in [3.8, 4) is 5.75 Å². The molecule has 0 aliphatic carbocycles. The Bertz CT molecular complexity index is 1180. The number of hydrogen-bond acceptors (Lipinski definition) is 6. The van der Waals surface area contributed by atoms with Gasteiger partial charge in [-0.15, -0.1) is 0 Å². The number of hydrogen-bond donors (Lipinski definition) is 2. The molecular weight excluding hydrogens is 438 g/mol. The van der Waals surface area contributed by atoms with Crippen molar-refractivity contribution in [3.05, 3.63) is 112 Å². The highest BCUT2D eigenvalue weighted by Crippen LogP contribution is 2.40. The Hall–Kier alpha value is -3.55. The fourth-order valence-corrected chi connectivity index (χ4v) is 4.77. The van der Waals surface area contributed by atoms with Gasteiger partial charge in [0.15, 0.2) is 11.9 Å². The number of carbonyl (C=O) groups is 2. The van der Waals surface area contributed by atoms with Gasteiger partial charge in [-0.2, -0.15) is 0 Å². The zero-order valence-corrected chi connectivity index (χ0v) is 18.7. The highest BCUT2D eigenvalue weighted by atomic mass is 32.2. The van der Waals surface area contributed by atoms with E-state index in [0.717, 1.165) is 21.8 Å². The van der Waals surface area contributed by atoms with Crippen molar-refractivity contribution in [2.45, 2.75) is 24.8 Å². The number of Topliss-reactive ketones (excluding diaryl/α,β-unsaturated/α-hetero) is 1. The van der Waals surface area contributed by atoms with Gasteiger partial charge in [0.25, 0.3) is 0 Å². The molecule has 3 aromatic rings. The first-order valence-corrected chi connectivity index (χ1v) is 11.3. The second-order valence-electron chi connectivity index (χ2n) is 7.71. The largest absolute Gasteiger partial charge is 0.483 e. The maximum Gasteiger partial charge on any atom is 0.335 e. The molecule has 4 rings (SSSR count). The lowest BCUT2D eigenvalue weighted by atomic mass is 10.00. The lowest BCUT2D eigenvalue weighted by Gasteiger charge is -2.30. The fourth-order valence-electron chi connectivity index (χ4n) is 3.64. The van der Waals surface area contributed by atoms with E-state index in [4.69, 9.17) is 4.74 Å². The van der Waals surface area contributed by atoms with Crippen LogP contribution in [0, 0.1) is 0 Å². The van der Waals surface area contributed by atoms with Crippen LogP contribution in [0.25, 0.3) is 0 Å². The van der Waals surface area contributed by atoms with Gasteiger partial charge in [-0.05, 0) is 47.4 Å². The number of aromatic carboxylic acids is 1. The molecule has 0 saturated carbocycles. The van der Waals surface area contributed by atoms with Crippen molar-refractivity contribution >= 4 is 23.5 Å². The van der Waals surface area contributed by atoms with Crippen LogP contribution in [0.15, 0.2) is 90.0 Å². The quantitative estimate of drug-likeness (QED) is 0.471. The predicted molar refractivity (Wildman–Crippen MR) is 126 cm³/mol. The van der Waals surface area contributed by atoms with Gasteiger partial charge < -0.3 is 9.84 Å². The molecule has 1 heterocycles. The van der Waals surface area contributed by atoms with Crippen LogP contribution in [0.2, 0.25) is 0 Å². The minimum atomic E-state index is -0.950. The Kier molecular flexibility index (Phi) is 6.82. The number of thioether (sulfide) groups is 1. The standard InChI is InChI=1S/C26H23NO5S/c1-17(28)23-16-33-25(27(23)31)24(32-22-8-3-2-4-9-22)20-12-10-18(11-13-20)14-19-6-5-7-21(15-19)26(29)30/h2-13,15-16,24-25,31H,14H2,1H3,(H,29,30). The molecular formula is C26H23NO5S. The number of ketones is 1. The van der Waals surface area contributed by atoms with Gasteiger partial charge >= 0.3 is 5.97 Å². The zero-order valence-electron chi connectivity index (χ0n) is 17.9. The summed E-state index contributed by atoms with van der Waals surface area (Å²) in [6.07, 6.45) is 0.0475. The lowest BCUT2D eigenvalue weighted by molar-refractivity contribution is -0.127. The number of carbonyl (C=O) groups excluding carboxylic acids is 1. The Morgan fingerprint density at radius 3 is 2.36 bits per heavy atom. The number of hydroxylamine groups is 2. The van der Waals surface area contributed by atoms with Gasteiger partial charge in [0.2, 0.25) is 0 Å². The Labute approximate surface area is 196 Å². The molecule has 1 aliphatic rings. The second kappa shape index (κ2) is 9.94. The van der Waals surface area contributed by atoms with Crippen molar-refractivity contribution in [1.82, 2.24) is 5.06 Å². The minimum absolute atomic E-state index is 0.218. The van der Waals surface area contributed by atoms with E-state index in [0.29, 0.717) is 12.2 Å². The molecule has 0 amide bonds. The van der Waals surface area contributed by atoms with Crippen LogP contribution in [0.5, 0.6) is 5.75 Å². The molecule has 2 N–H and O–H groups in total. The number of carboxylic acid groups (broad SMARTS) is 1. The maximum absolute atomic E-state index is 11.8. The summed E-state index contributed by atoms with van der Waals surface area (Å²) >= 11 is 1.33. The van der Waals surface area contributed by atoms with Crippen LogP contribution in [0.1, 0.15) is 40.1 Å². The second-order valence-corrected chi connectivity index (χ2v) is 8.70. The number of ether oxygens (including phenoxy) is 1. The number of benzene rings is 3. The van der Waals surface area contributed by atoms with Gasteiger partial charge in [0, 0.05) is 12.3 Å². The van der Waals surface area contributed by atoms with Gasteiger partial charge in [-0.25, -0.2) is 9.86 Å². The molecule has 0 aromatic heterocycles. The van der Waals surface area contributed by atoms with Gasteiger partial charge in [0.1, 0.15) is 16.8 Å². The van der Waals surface area contributed by atoms with Gasteiger partial charge in [-0.3, -0.25) is 10.0 Å². The molecule has 33 heavy (non-hydrogen) atoms. The SMILES string of the molecule is CC(=O)C1=CSC(C(Oc2ccccc2)c2ccc(Cc3cccc(C(=O)O)c3)cc2)N1O.